The van der Waals surface area contributed by atoms with Crippen molar-refractivity contribution in [3.05, 3.63) is 71.8 Å². The molecule has 10 atom stereocenters. The minimum absolute atomic E-state index is 0.00342. The van der Waals surface area contributed by atoms with Crippen molar-refractivity contribution in [2.45, 2.75) is 162 Å². The van der Waals surface area contributed by atoms with Crippen LogP contribution in [-0.2, 0) is 38.2 Å². The Kier molecular flexibility index (Phi) is 23.7. The van der Waals surface area contributed by atoms with Crippen LogP contribution in [0.25, 0.3) is 0 Å². The van der Waals surface area contributed by atoms with Gasteiger partial charge in [0.05, 0.1) is 48.7 Å². The number of methoxy groups -OCH3 is 2. The van der Waals surface area contributed by atoms with Crippen molar-refractivity contribution in [3.8, 4) is 0 Å². The number of nitrogens with one attached hydrogen (secondary N) is 2. The molecule has 4 amide bonds. The molecule has 374 valence electrons. The molecular weight excluding hydrogens is 851 g/mol. The van der Waals surface area contributed by atoms with Crippen LogP contribution >= 0.6 is 0 Å². The summed E-state index contributed by atoms with van der Waals surface area (Å²) in [5.74, 6) is -2.21. The Morgan fingerprint density at radius 2 is 1.39 bits per heavy atom. The van der Waals surface area contributed by atoms with E-state index >= 15 is 0 Å². The minimum atomic E-state index is -0.784. The number of benzene rings is 2. The summed E-state index contributed by atoms with van der Waals surface area (Å²) < 4.78 is 18.1. The van der Waals surface area contributed by atoms with Gasteiger partial charge in [0.25, 0.3) is 0 Å². The van der Waals surface area contributed by atoms with E-state index in [1.54, 1.807) is 57.0 Å². The molecule has 67 heavy (non-hydrogen) atoms. The molecule has 14 heteroatoms. The maximum absolute atomic E-state index is 14.4. The van der Waals surface area contributed by atoms with E-state index in [0.717, 1.165) is 18.4 Å². The van der Waals surface area contributed by atoms with Crippen LogP contribution in [0.4, 0.5) is 0 Å². The molecule has 0 radical (unpaired) electrons. The second-order valence-electron chi connectivity index (χ2n) is 19.2. The first-order chi connectivity index (χ1) is 31.8. The highest BCUT2D eigenvalue weighted by Gasteiger charge is 2.43. The Bertz CT molecular complexity index is 1860. The first-order valence-corrected chi connectivity index (χ1v) is 24.6. The molecule has 0 bridgehead atoms. The maximum atomic E-state index is 14.4. The summed E-state index contributed by atoms with van der Waals surface area (Å²) in [5.41, 5.74) is 1.38. The fourth-order valence-corrected chi connectivity index (χ4v) is 9.54. The highest BCUT2D eigenvalue weighted by Crippen LogP contribution is 2.31. The average molecular weight is 934 g/mol. The molecule has 2 aromatic rings. The van der Waals surface area contributed by atoms with E-state index in [1.807, 2.05) is 109 Å². The predicted octanol–water partition coefficient (Wildman–Crippen LogP) is 7.26. The van der Waals surface area contributed by atoms with Gasteiger partial charge in [0, 0.05) is 46.2 Å². The average Bonchev–Trinajstić information content (AvgIpc) is 3.80. The SMILES string of the molecule is CC[C@H](C)[C@@H]([C@@H](CC(=O)N1CCC[C@H]1[C@H](OC)[C@@H](C)C(=O)N[C@H](C)[C@@H](OC(=O)CCCCC(=O)c1ccccc1)c1ccccc1)OC)N(C)C(=O)[C@@H](NC(=O)[C@H](C(C)C)N(C)CC)C(C)C. The molecule has 2 N–H and O–H groups in total. The lowest BCUT2D eigenvalue weighted by Crippen LogP contribution is -2.60. The number of likely N-dealkylation sites (tertiary alicyclic amines) is 1. The molecule has 1 heterocycles. The summed E-state index contributed by atoms with van der Waals surface area (Å²) in [7, 11) is 6.75. The summed E-state index contributed by atoms with van der Waals surface area (Å²) in [6.45, 7) is 18.6. The predicted molar refractivity (Wildman–Crippen MR) is 262 cm³/mol. The van der Waals surface area contributed by atoms with Gasteiger partial charge in [-0.15, -0.1) is 0 Å². The molecule has 0 aliphatic carbocycles. The van der Waals surface area contributed by atoms with Gasteiger partial charge in [0.15, 0.2) is 5.78 Å². The van der Waals surface area contributed by atoms with E-state index in [-0.39, 0.29) is 60.0 Å². The summed E-state index contributed by atoms with van der Waals surface area (Å²) in [5, 5.41) is 6.16. The van der Waals surface area contributed by atoms with Crippen molar-refractivity contribution < 1.29 is 43.0 Å². The fourth-order valence-electron chi connectivity index (χ4n) is 9.54. The third kappa shape index (κ3) is 16.0. The van der Waals surface area contributed by atoms with Gasteiger partial charge in [-0.25, -0.2) is 0 Å². The summed E-state index contributed by atoms with van der Waals surface area (Å²) in [6, 6.07) is 15.7. The van der Waals surface area contributed by atoms with Gasteiger partial charge in [0.2, 0.25) is 23.6 Å². The molecule has 0 unspecified atom stereocenters. The van der Waals surface area contributed by atoms with Crippen molar-refractivity contribution in [1.29, 1.82) is 0 Å². The smallest absolute Gasteiger partial charge is 0.306 e. The van der Waals surface area contributed by atoms with E-state index in [4.69, 9.17) is 14.2 Å². The molecule has 1 saturated heterocycles. The molecule has 0 spiro atoms. The Labute approximate surface area is 401 Å². The van der Waals surface area contributed by atoms with Crippen molar-refractivity contribution in [2.75, 3.05) is 41.4 Å². The number of carbonyl (C=O) groups is 6. The summed E-state index contributed by atoms with van der Waals surface area (Å²) in [6.07, 6.45) is 1.46. The maximum Gasteiger partial charge on any atom is 0.306 e. The Morgan fingerprint density at radius 3 is 1.94 bits per heavy atom. The number of ketones is 1. The number of likely N-dealkylation sites (N-methyl/N-ethyl adjacent to an activating group) is 2. The number of Topliss-reactive ketones (excluding diaryl/α,β-unsaturated/α-hetero) is 1. The van der Waals surface area contributed by atoms with Gasteiger partial charge < -0.3 is 34.6 Å². The highest BCUT2D eigenvalue weighted by molar-refractivity contribution is 5.96. The van der Waals surface area contributed by atoms with Crippen molar-refractivity contribution in [3.63, 3.8) is 0 Å². The molecule has 1 aliphatic heterocycles. The molecule has 0 aromatic heterocycles. The Morgan fingerprint density at radius 1 is 0.776 bits per heavy atom. The van der Waals surface area contributed by atoms with Crippen molar-refractivity contribution >= 4 is 35.4 Å². The van der Waals surface area contributed by atoms with Gasteiger partial charge in [-0.3, -0.25) is 33.7 Å². The molecule has 14 nitrogen and oxygen atoms in total. The molecular formula is C53H83N5O9. The Balaban J connectivity index is 1.73. The lowest BCUT2D eigenvalue weighted by molar-refractivity contribution is -0.152. The molecule has 3 rings (SSSR count). The van der Waals surface area contributed by atoms with Crippen LogP contribution in [0.5, 0.6) is 0 Å². The van der Waals surface area contributed by atoms with Gasteiger partial charge in [-0.2, -0.15) is 0 Å². The first-order valence-electron chi connectivity index (χ1n) is 24.6. The van der Waals surface area contributed by atoms with Gasteiger partial charge in [-0.05, 0) is 69.5 Å². The molecule has 2 aromatic carbocycles. The van der Waals surface area contributed by atoms with E-state index in [1.165, 1.54) is 0 Å². The highest BCUT2D eigenvalue weighted by atomic mass is 16.5. The first kappa shape index (κ1) is 56.7. The van der Waals surface area contributed by atoms with E-state index in [0.29, 0.717) is 44.3 Å². The van der Waals surface area contributed by atoms with Gasteiger partial charge >= 0.3 is 5.97 Å². The van der Waals surface area contributed by atoms with E-state index in [2.05, 4.69) is 10.6 Å². The largest absolute Gasteiger partial charge is 0.455 e. The Hall–Kier alpha value is -4.66. The third-order valence-electron chi connectivity index (χ3n) is 13.7. The van der Waals surface area contributed by atoms with Crippen molar-refractivity contribution in [1.82, 2.24) is 25.3 Å². The van der Waals surface area contributed by atoms with Crippen LogP contribution in [0.2, 0.25) is 0 Å². The van der Waals surface area contributed by atoms with Crippen LogP contribution in [0.3, 0.4) is 0 Å². The second kappa shape index (κ2) is 28.0. The van der Waals surface area contributed by atoms with Crippen LogP contribution in [0.1, 0.15) is 136 Å². The van der Waals surface area contributed by atoms with Crippen LogP contribution in [0, 0.1) is 23.7 Å². The summed E-state index contributed by atoms with van der Waals surface area (Å²) in [4.78, 5) is 87.8. The number of rotatable bonds is 28. The zero-order chi connectivity index (χ0) is 50.0. The summed E-state index contributed by atoms with van der Waals surface area (Å²) >= 11 is 0. The molecule has 1 aliphatic rings. The lowest BCUT2D eigenvalue weighted by atomic mass is 9.89. The number of unbranched alkanes of at least 4 members (excludes halogenated alkanes) is 1. The standard InChI is InChI=1S/C53H83N5O9/c1-14-36(7)48(57(11)53(64)46(34(3)4)55-52(63)47(35(5)6)56(10)15-2)43(65-12)33-44(60)58-32-24-29-41(58)49(66-13)37(8)51(62)54-38(9)50(40-27-20-17-21-28-40)67-45(61)31-23-22-30-42(59)39-25-18-16-19-26-39/h16-21,25-28,34-38,41,43,46-50H,14-15,22-24,29-33H2,1-13H3,(H,54,62)(H,55,63)/t36-,37+,38+,41-,43+,46-,47-,48-,49+,50+/m0/s1. The monoisotopic (exact) mass is 934 g/mol. The van der Waals surface area contributed by atoms with E-state index < -0.39 is 60.4 Å². The second-order valence-corrected chi connectivity index (χ2v) is 19.2. The van der Waals surface area contributed by atoms with Crippen LogP contribution in [-0.4, -0.2) is 134 Å². The third-order valence-corrected chi connectivity index (χ3v) is 13.7. The number of ether oxygens (including phenoxy) is 3. The number of nitrogens with zero attached hydrogens (tertiary/aromatic N) is 3. The fraction of sp³-hybridized carbons (Fsp3) is 0.660. The van der Waals surface area contributed by atoms with E-state index in [9.17, 15) is 28.8 Å². The van der Waals surface area contributed by atoms with Gasteiger partial charge in [0.1, 0.15) is 12.1 Å². The lowest BCUT2D eigenvalue weighted by Gasteiger charge is -2.41. The zero-order valence-corrected chi connectivity index (χ0v) is 42.8. The topological polar surface area (TPSA) is 164 Å². The quantitative estimate of drug-likeness (QED) is 0.0505. The minimum Gasteiger partial charge on any atom is -0.455 e. The van der Waals surface area contributed by atoms with Crippen LogP contribution < -0.4 is 10.6 Å². The number of hydrogen-bond donors (Lipinski definition) is 2. The molecule has 1 fully saturated rings. The number of amides is 4. The molecule has 0 saturated carbocycles. The zero-order valence-electron chi connectivity index (χ0n) is 42.8. The number of esters is 1. The number of carbonyl (C=O) groups excluding carboxylic acids is 6. The number of hydrogen-bond acceptors (Lipinski definition) is 10. The van der Waals surface area contributed by atoms with Crippen LogP contribution in [0.15, 0.2) is 60.7 Å². The normalized spacial score (nSPS) is 18.0. The van der Waals surface area contributed by atoms with Crippen molar-refractivity contribution in [2.24, 2.45) is 23.7 Å². The van der Waals surface area contributed by atoms with Gasteiger partial charge in [-0.1, -0.05) is 122 Å².